The second-order valence-corrected chi connectivity index (χ2v) is 6.52. The Morgan fingerprint density at radius 3 is 2.32 bits per heavy atom. The van der Waals surface area contributed by atoms with Crippen molar-refractivity contribution in [1.29, 1.82) is 0 Å². The third-order valence-electron chi connectivity index (χ3n) is 2.38. The topological polar surface area (TPSA) is 127 Å². The van der Waals surface area contributed by atoms with E-state index in [9.17, 15) is 14.7 Å². The maximum absolute atomic E-state index is 11.7. The third-order valence-corrected chi connectivity index (χ3v) is 2.38. The molecular formula is C13H22N4O5. The van der Waals surface area contributed by atoms with Crippen molar-refractivity contribution in [3.8, 4) is 0 Å². The van der Waals surface area contributed by atoms with Gasteiger partial charge in [0.05, 0.1) is 24.4 Å². The highest BCUT2D eigenvalue weighted by atomic mass is 16.6. The molecule has 124 valence electrons. The number of hydrogen-bond donors (Lipinski definition) is 3. The summed E-state index contributed by atoms with van der Waals surface area (Å²) in [6, 6.07) is 0. The number of aromatic nitrogens is 3. The number of amides is 1. The number of hydrogen-bond acceptors (Lipinski definition) is 6. The maximum atomic E-state index is 11.7. The Balaban J connectivity index is 2.89. The number of aromatic carboxylic acids is 1. The fourth-order valence-corrected chi connectivity index (χ4v) is 1.64. The van der Waals surface area contributed by atoms with Crippen molar-refractivity contribution in [2.45, 2.75) is 58.9 Å². The van der Waals surface area contributed by atoms with Crippen molar-refractivity contribution in [3.05, 3.63) is 11.4 Å². The first-order chi connectivity index (χ1) is 9.89. The summed E-state index contributed by atoms with van der Waals surface area (Å²) in [5.41, 5.74) is -1.86. The van der Waals surface area contributed by atoms with Crippen LogP contribution in [0.2, 0.25) is 0 Å². The number of carboxylic acid groups (broad SMARTS) is 1. The lowest BCUT2D eigenvalue weighted by atomic mass is 10.1. The number of nitrogens with zero attached hydrogens (tertiary/aromatic N) is 3. The molecule has 0 saturated heterocycles. The largest absolute Gasteiger partial charge is 0.476 e. The van der Waals surface area contributed by atoms with Gasteiger partial charge < -0.3 is 20.3 Å². The van der Waals surface area contributed by atoms with E-state index in [0.29, 0.717) is 0 Å². The molecule has 1 aromatic heterocycles. The molecular weight excluding hydrogens is 292 g/mol. The van der Waals surface area contributed by atoms with Crippen LogP contribution in [0.5, 0.6) is 0 Å². The highest BCUT2D eigenvalue weighted by molar-refractivity contribution is 5.86. The van der Waals surface area contributed by atoms with Crippen molar-refractivity contribution in [1.82, 2.24) is 20.3 Å². The second kappa shape index (κ2) is 6.30. The lowest BCUT2D eigenvalue weighted by Gasteiger charge is -2.20. The number of carbonyl (C=O) groups excluding carboxylic acids is 1. The molecule has 1 aromatic rings. The van der Waals surface area contributed by atoms with Crippen LogP contribution in [0.4, 0.5) is 4.79 Å². The van der Waals surface area contributed by atoms with Gasteiger partial charge in [-0.2, -0.15) is 0 Å². The molecule has 9 heteroatoms. The summed E-state index contributed by atoms with van der Waals surface area (Å²) in [7, 11) is 0. The average Bonchev–Trinajstić information content (AvgIpc) is 2.64. The van der Waals surface area contributed by atoms with Gasteiger partial charge in [0.2, 0.25) is 0 Å². The van der Waals surface area contributed by atoms with Crippen molar-refractivity contribution in [2.75, 3.05) is 0 Å². The van der Waals surface area contributed by atoms with Gasteiger partial charge in [0.1, 0.15) is 5.60 Å². The summed E-state index contributed by atoms with van der Waals surface area (Å²) in [6.45, 7) is 8.18. The first-order valence-electron chi connectivity index (χ1n) is 6.74. The number of ether oxygens (including phenoxy) is 1. The summed E-state index contributed by atoms with van der Waals surface area (Å²) in [5, 5.41) is 28.7. The fraction of sp³-hybridized carbons (Fsp3) is 0.692. The van der Waals surface area contributed by atoms with Gasteiger partial charge in [-0.05, 0) is 34.6 Å². The summed E-state index contributed by atoms with van der Waals surface area (Å²) in [4.78, 5) is 22.8. The molecule has 22 heavy (non-hydrogen) atoms. The Kier molecular flexibility index (Phi) is 5.13. The molecule has 9 nitrogen and oxygen atoms in total. The van der Waals surface area contributed by atoms with Gasteiger partial charge in [-0.3, -0.25) is 0 Å². The normalized spacial score (nSPS) is 12.1. The van der Waals surface area contributed by atoms with Gasteiger partial charge in [0.25, 0.3) is 0 Å². The van der Waals surface area contributed by atoms with Crippen LogP contribution in [0, 0.1) is 0 Å². The highest BCUT2D eigenvalue weighted by Gasteiger charge is 2.24. The molecule has 0 fully saturated rings. The minimum absolute atomic E-state index is 0.0403. The lowest BCUT2D eigenvalue weighted by molar-refractivity contribution is 0.0509. The van der Waals surface area contributed by atoms with E-state index in [1.54, 1.807) is 34.6 Å². The molecule has 1 heterocycles. The van der Waals surface area contributed by atoms with Gasteiger partial charge in [-0.1, -0.05) is 5.21 Å². The van der Waals surface area contributed by atoms with E-state index in [2.05, 4.69) is 15.6 Å². The molecule has 0 spiro atoms. The van der Waals surface area contributed by atoms with Crippen LogP contribution in [-0.4, -0.2) is 48.5 Å². The van der Waals surface area contributed by atoms with Crippen molar-refractivity contribution in [3.63, 3.8) is 0 Å². The molecule has 0 aliphatic heterocycles. The summed E-state index contributed by atoms with van der Waals surface area (Å²) >= 11 is 0. The van der Waals surface area contributed by atoms with E-state index in [1.165, 1.54) is 4.68 Å². The van der Waals surface area contributed by atoms with E-state index < -0.39 is 23.3 Å². The Bertz CT molecular complexity index is 554. The Morgan fingerprint density at radius 2 is 1.86 bits per heavy atom. The maximum Gasteiger partial charge on any atom is 0.407 e. The van der Waals surface area contributed by atoms with Gasteiger partial charge in [-0.25, -0.2) is 14.3 Å². The molecule has 1 rings (SSSR count). The zero-order valence-electron chi connectivity index (χ0n) is 13.4. The molecule has 0 aromatic carbocycles. The molecule has 0 aliphatic carbocycles. The number of aliphatic hydroxyl groups is 1. The van der Waals surface area contributed by atoms with Crippen molar-refractivity contribution >= 4 is 12.1 Å². The molecule has 0 saturated carbocycles. The second-order valence-electron chi connectivity index (χ2n) is 6.52. The first-order valence-corrected chi connectivity index (χ1v) is 6.74. The predicted molar refractivity (Wildman–Crippen MR) is 76.4 cm³/mol. The van der Waals surface area contributed by atoms with Gasteiger partial charge in [-0.15, -0.1) is 5.10 Å². The minimum Gasteiger partial charge on any atom is -0.476 e. The Labute approximate surface area is 128 Å². The van der Waals surface area contributed by atoms with Crippen molar-refractivity contribution in [2.24, 2.45) is 0 Å². The fourth-order valence-electron chi connectivity index (χ4n) is 1.64. The zero-order chi connectivity index (χ0) is 17.1. The smallest absolute Gasteiger partial charge is 0.407 e. The number of alkyl carbamates (subject to hydrolysis) is 1. The first kappa shape index (κ1) is 17.9. The number of nitrogens with one attached hydrogen (secondary N) is 1. The third kappa shape index (κ3) is 5.68. The van der Waals surface area contributed by atoms with Gasteiger partial charge in [0, 0.05) is 0 Å². The molecule has 3 N–H and O–H groups in total. The minimum atomic E-state index is -1.26. The van der Waals surface area contributed by atoms with E-state index in [0.717, 1.165) is 0 Å². The molecule has 0 atom stereocenters. The molecule has 0 unspecified atom stereocenters. The van der Waals surface area contributed by atoms with Gasteiger partial charge in [0.15, 0.2) is 5.69 Å². The van der Waals surface area contributed by atoms with E-state index in [4.69, 9.17) is 9.84 Å². The molecule has 0 radical (unpaired) electrons. The zero-order valence-corrected chi connectivity index (χ0v) is 13.4. The molecule has 0 bridgehead atoms. The summed E-state index contributed by atoms with van der Waals surface area (Å²) < 4.78 is 6.33. The van der Waals surface area contributed by atoms with Crippen LogP contribution in [-0.2, 0) is 17.8 Å². The van der Waals surface area contributed by atoms with Crippen LogP contribution >= 0.6 is 0 Å². The number of rotatable bonds is 5. The van der Waals surface area contributed by atoms with Crippen LogP contribution in [0.15, 0.2) is 0 Å². The van der Waals surface area contributed by atoms with Crippen LogP contribution in [0.1, 0.15) is 50.8 Å². The molecule has 1 amide bonds. The predicted octanol–water partition coefficient (Wildman–Crippen LogP) is 0.772. The standard InChI is InChI=1S/C13H22N4O5/c1-12(2,3)22-11(20)14-6-8-9(10(18)19)15-16-17(8)7-13(4,5)21/h21H,6-7H2,1-5H3,(H,14,20)(H,18,19). The van der Waals surface area contributed by atoms with Gasteiger partial charge >= 0.3 is 12.1 Å². The number of carbonyl (C=O) groups is 2. The van der Waals surface area contributed by atoms with E-state index >= 15 is 0 Å². The van der Waals surface area contributed by atoms with Crippen LogP contribution < -0.4 is 5.32 Å². The van der Waals surface area contributed by atoms with Crippen LogP contribution in [0.3, 0.4) is 0 Å². The molecule has 0 aliphatic rings. The van der Waals surface area contributed by atoms with Crippen LogP contribution in [0.25, 0.3) is 0 Å². The highest BCUT2D eigenvalue weighted by Crippen LogP contribution is 2.12. The lowest BCUT2D eigenvalue weighted by Crippen LogP contribution is -2.34. The number of carboxylic acids is 1. The monoisotopic (exact) mass is 314 g/mol. The van der Waals surface area contributed by atoms with E-state index in [-0.39, 0.29) is 24.5 Å². The summed E-state index contributed by atoms with van der Waals surface area (Å²) in [5.74, 6) is -1.26. The Morgan fingerprint density at radius 1 is 1.27 bits per heavy atom. The van der Waals surface area contributed by atoms with E-state index in [1.807, 2.05) is 0 Å². The Hall–Kier alpha value is -2.16. The van der Waals surface area contributed by atoms with Crippen molar-refractivity contribution < 1.29 is 24.5 Å². The quantitative estimate of drug-likeness (QED) is 0.732. The summed E-state index contributed by atoms with van der Waals surface area (Å²) in [6.07, 6.45) is -0.681. The SMILES string of the molecule is CC(C)(O)Cn1nnc(C(=O)O)c1CNC(=O)OC(C)(C)C. The average molecular weight is 314 g/mol.